The molecule has 2 amide bonds. The summed E-state index contributed by atoms with van der Waals surface area (Å²) in [5, 5.41) is 13.9. The summed E-state index contributed by atoms with van der Waals surface area (Å²) in [5.74, 6) is -0.0172. The smallest absolute Gasteiger partial charge is 0.409 e. The van der Waals surface area contributed by atoms with Crippen LogP contribution in [0.5, 0.6) is 5.75 Å². The molecule has 0 spiro atoms. The molecule has 8 nitrogen and oxygen atoms in total. The molecule has 0 saturated carbocycles. The Kier molecular flexibility index (Phi) is 5.42. The summed E-state index contributed by atoms with van der Waals surface area (Å²) in [6.45, 7) is 5.89. The quantitative estimate of drug-likeness (QED) is 0.714. The highest BCUT2D eigenvalue weighted by molar-refractivity contribution is 6.02. The van der Waals surface area contributed by atoms with Crippen molar-refractivity contribution in [2.45, 2.75) is 0 Å². The van der Waals surface area contributed by atoms with Crippen LogP contribution in [0.3, 0.4) is 0 Å². The Morgan fingerprint density at radius 1 is 1.30 bits per heavy atom. The van der Waals surface area contributed by atoms with E-state index in [2.05, 4.69) is 17.2 Å². The van der Waals surface area contributed by atoms with E-state index in [0.29, 0.717) is 37.7 Å². The minimum Gasteiger partial charge on any atom is -0.494 e. The number of carbonyl (C=O) groups excluding carboxylic acids is 1. The first-order valence-electron chi connectivity index (χ1n) is 7.03. The van der Waals surface area contributed by atoms with E-state index in [1.54, 1.807) is 6.07 Å². The fourth-order valence-electron chi connectivity index (χ4n) is 2.30. The second-order valence-electron chi connectivity index (χ2n) is 4.79. The van der Waals surface area contributed by atoms with Gasteiger partial charge in [-0.25, -0.2) is 4.79 Å². The summed E-state index contributed by atoms with van der Waals surface area (Å²) in [7, 11) is 1.45. The van der Waals surface area contributed by atoms with Crippen LogP contribution in [0.4, 0.5) is 21.9 Å². The third kappa shape index (κ3) is 4.13. The van der Waals surface area contributed by atoms with Crippen molar-refractivity contribution in [3.8, 4) is 5.75 Å². The summed E-state index contributed by atoms with van der Waals surface area (Å²) < 4.78 is 10.6. The molecule has 8 heteroatoms. The molecule has 0 radical (unpaired) electrons. The van der Waals surface area contributed by atoms with E-state index in [0.717, 1.165) is 11.8 Å². The monoisotopic (exact) mass is 321 g/mol. The average molecular weight is 321 g/mol. The molecule has 0 aromatic heterocycles. The largest absolute Gasteiger partial charge is 0.494 e. The summed E-state index contributed by atoms with van der Waals surface area (Å²) in [5.41, 5.74) is 1.45. The van der Waals surface area contributed by atoms with Gasteiger partial charge in [0, 0.05) is 19.2 Å². The van der Waals surface area contributed by atoms with Crippen molar-refractivity contribution in [3.63, 3.8) is 0 Å². The third-order valence-corrected chi connectivity index (χ3v) is 3.35. The molecule has 1 heterocycles. The number of methoxy groups -OCH3 is 1. The van der Waals surface area contributed by atoms with Crippen LogP contribution in [-0.4, -0.2) is 50.5 Å². The molecule has 1 aliphatic rings. The lowest BCUT2D eigenvalue weighted by molar-refractivity contribution is -0.111. The molecule has 2 rings (SSSR count). The Hall–Kier alpha value is -2.74. The number of nitrogens with zero attached hydrogens (tertiary/aromatic N) is 1. The molecule has 0 bridgehead atoms. The first-order chi connectivity index (χ1) is 11.0. The van der Waals surface area contributed by atoms with Gasteiger partial charge in [0.2, 0.25) is 5.91 Å². The molecule has 1 fully saturated rings. The molecule has 0 aliphatic carbocycles. The van der Waals surface area contributed by atoms with Gasteiger partial charge in [-0.05, 0) is 12.1 Å². The Morgan fingerprint density at radius 2 is 2.00 bits per heavy atom. The fraction of sp³-hybridized carbons (Fsp3) is 0.333. The number of morpholine rings is 1. The Balaban J connectivity index is 2.45. The van der Waals surface area contributed by atoms with Gasteiger partial charge in [0.05, 0.1) is 37.4 Å². The van der Waals surface area contributed by atoms with Crippen LogP contribution in [0, 0.1) is 0 Å². The number of benzene rings is 1. The number of rotatable bonds is 5. The summed E-state index contributed by atoms with van der Waals surface area (Å²) in [4.78, 5) is 24.6. The molecule has 1 aromatic carbocycles. The van der Waals surface area contributed by atoms with Gasteiger partial charge < -0.3 is 24.8 Å². The van der Waals surface area contributed by atoms with Crippen molar-refractivity contribution in [2.24, 2.45) is 0 Å². The summed E-state index contributed by atoms with van der Waals surface area (Å²) >= 11 is 0. The van der Waals surface area contributed by atoms with Crippen molar-refractivity contribution >= 4 is 29.1 Å². The van der Waals surface area contributed by atoms with Gasteiger partial charge in [-0.1, -0.05) is 6.58 Å². The Bertz CT molecular complexity index is 611. The van der Waals surface area contributed by atoms with E-state index in [1.807, 2.05) is 4.90 Å². The van der Waals surface area contributed by atoms with Gasteiger partial charge >= 0.3 is 6.09 Å². The van der Waals surface area contributed by atoms with Gasteiger partial charge in [-0.3, -0.25) is 10.1 Å². The minimum atomic E-state index is -1.22. The molecule has 1 aliphatic heterocycles. The van der Waals surface area contributed by atoms with Crippen molar-refractivity contribution in [1.82, 2.24) is 0 Å². The zero-order valence-corrected chi connectivity index (χ0v) is 12.8. The third-order valence-electron chi connectivity index (χ3n) is 3.35. The van der Waals surface area contributed by atoms with Crippen molar-refractivity contribution in [3.05, 3.63) is 24.8 Å². The summed E-state index contributed by atoms with van der Waals surface area (Å²) in [6.07, 6.45) is -0.0686. The first kappa shape index (κ1) is 16.6. The van der Waals surface area contributed by atoms with E-state index >= 15 is 0 Å². The lowest BCUT2D eigenvalue weighted by Crippen LogP contribution is -2.36. The van der Waals surface area contributed by atoms with Crippen molar-refractivity contribution in [1.29, 1.82) is 0 Å². The number of hydrogen-bond donors (Lipinski definition) is 3. The molecule has 124 valence electrons. The van der Waals surface area contributed by atoms with Crippen LogP contribution in [-0.2, 0) is 9.53 Å². The maximum absolute atomic E-state index is 11.7. The van der Waals surface area contributed by atoms with Gasteiger partial charge in [-0.15, -0.1) is 0 Å². The second-order valence-corrected chi connectivity index (χ2v) is 4.79. The number of anilines is 3. The van der Waals surface area contributed by atoms with Crippen LogP contribution in [0.1, 0.15) is 0 Å². The number of carbonyl (C=O) groups is 2. The summed E-state index contributed by atoms with van der Waals surface area (Å²) in [6, 6.07) is 3.22. The zero-order chi connectivity index (χ0) is 16.8. The number of carboxylic acid groups (broad SMARTS) is 1. The zero-order valence-electron chi connectivity index (χ0n) is 12.8. The van der Waals surface area contributed by atoms with Crippen LogP contribution in [0.25, 0.3) is 0 Å². The van der Waals surface area contributed by atoms with Crippen LogP contribution in [0.15, 0.2) is 24.8 Å². The normalized spacial score (nSPS) is 14.0. The number of hydrogen-bond acceptors (Lipinski definition) is 5. The van der Waals surface area contributed by atoms with Gasteiger partial charge in [0.25, 0.3) is 0 Å². The maximum atomic E-state index is 11.7. The molecule has 3 N–H and O–H groups in total. The van der Waals surface area contributed by atoms with Crippen LogP contribution < -0.4 is 20.3 Å². The molecule has 0 atom stereocenters. The Labute approximate surface area is 133 Å². The predicted molar refractivity (Wildman–Crippen MR) is 86.5 cm³/mol. The lowest BCUT2D eigenvalue weighted by atomic mass is 10.1. The highest BCUT2D eigenvalue weighted by atomic mass is 16.5. The van der Waals surface area contributed by atoms with Gasteiger partial charge in [-0.2, -0.15) is 0 Å². The van der Waals surface area contributed by atoms with Crippen LogP contribution >= 0.6 is 0 Å². The van der Waals surface area contributed by atoms with E-state index in [4.69, 9.17) is 14.6 Å². The highest BCUT2D eigenvalue weighted by Crippen LogP contribution is 2.37. The molecular weight excluding hydrogens is 302 g/mol. The molecule has 1 saturated heterocycles. The highest BCUT2D eigenvalue weighted by Gasteiger charge is 2.19. The molecule has 0 unspecified atom stereocenters. The van der Waals surface area contributed by atoms with Gasteiger partial charge in [0.1, 0.15) is 5.75 Å². The molecule has 1 aromatic rings. The second kappa shape index (κ2) is 7.50. The Morgan fingerprint density at radius 3 is 2.57 bits per heavy atom. The number of amides is 2. The standard InChI is InChI=1S/C15H19N3O5/c1-3-14(19)16-10-8-11(17-15(20)21)13(22-2)9-12(10)18-4-6-23-7-5-18/h3,8-9,17H,1,4-7H2,2H3,(H,16,19)(H,20,21). The SMILES string of the molecule is C=CC(=O)Nc1cc(NC(=O)O)c(OC)cc1N1CCOCC1. The number of ether oxygens (including phenoxy) is 2. The topological polar surface area (TPSA) is 100 Å². The maximum Gasteiger partial charge on any atom is 0.409 e. The lowest BCUT2D eigenvalue weighted by Gasteiger charge is -2.31. The number of nitrogens with one attached hydrogen (secondary N) is 2. The molecule has 23 heavy (non-hydrogen) atoms. The van der Waals surface area contributed by atoms with Crippen LogP contribution in [0.2, 0.25) is 0 Å². The van der Waals surface area contributed by atoms with E-state index in [-0.39, 0.29) is 11.6 Å². The van der Waals surface area contributed by atoms with Gasteiger partial charge in [0.15, 0.2) is 0 Å². The predicted octanol–water partition coefficient (Wildman–Crippen LogP) is 1.75. The van der Waals surface area contributed by atoms with Crippen molar-refractivity contribution in [2.75, 3.05) is 48.9 Å². The molecular formula is C15H19N3O5. The van der Waals surface area contributed by atoms with Crippen molar-refractivity contribution < 1.29 is 24.2 Å². The first-order valence-corrected chi connectivity index (χ1v) is 7.03. The van der Waals surface area contributed by atoms with E-state index in [1.165, 1.54) is 13.2 Å². The average Bonchev–Trinajstić information content (AvgIpc) is 2.55. The minimum absolute atomic E-state index is 0.247. The van der Waals surface area contributed by atoms with E-state index < -0.39 is 6.09 Å². The fourth-order valence-corrected chi connectivity index (χ4v) is 2.30. The van der Waals surface area contributed by atoms with E-state index in [9.17, 15) is 9.59 Å².